The number of amides is 4. The summed E-state index contributed by atoms with van der Waals surface area (Å²) in [6.07, 6.45) is 3.15. The number of carboxylic acid groups (broad SMARTS) is 1. The summed E-state index contributed by atoms with van der Waals surface area (Å²) >= 11 is 12.3. The van der Waals surface area contributed by atoms with Crippen LogP contribution in [0.4, 0.5) is 15.3 Å². The number of ether oxygens (including phenoxy) is 1. The molecule has 0 aliphatic carbocycles. The smallest absolute Gasteiger partial charge is 0.407 e. The van der Waals surface area contributed by atoms with Crippen molar-refractivity contribution in [3.05, 3.63) is 76.8 Å². The number of benzene rings is 2. The number of hydrogen-bond acceptors (Lipinski definition) is 7. The molecule has 11 nitrogen and oxygen atoms in total. The van der Waals surface area contributed by atoms with Crippen molar-refractivity contribution in [1.82, 2.24) is 20.2 Å². The number of nitrogens with zero attached hydrogens (tertiary/aromatic N) is 4. The van der Waals surface area contributed by atoms with E-state index in [1.165, 1.54) is 29.4 Å². The summed E-state index contributed by atoms with van der Waals surface area (Å²) in [6.45, 7) is -0.142. The number of nitrogens with one attached hydrogen (secondary N) is 1. The van der Waals surface area contributed by atoms with Gasteiger partial charge in [0.1, 0.15) is 18.0 Å². The van der Waals surface area contributed by atoms with Crippen LogP contribution in [0.25, 0.3) is 11.1 Å². The third-order valence-electron chi connectivity index (χ3n) is 6.82. The largest absolute Gasteiger partial charge is 0.481 e. The average Bonchev–Trinajstić information content (AvgIpc) is 3.35. The van der Waals surface area contributed by atoms with Crippen molar-refractivity contribution in [1.29, 1.82) is 0 Å². The van der Waals surface area contributed by atoms with Crippen molar-refractivity contribution in [3.8, 4) is 11.1 Å². The number of aromatic nitrogens is 2. The summed E-state index contributed by atoms with van der Waals surface area (Å²) in [4.78, 5) is 61.3. The molecule has 2 atom stereocenters. The molecule has 2 aliphatic rings. The van der Waals surface area contributed by atoms with Gasteiger partial charge in [0.2, 0.25) is 0 Å². The normalized spacial score (nSPS) is 20.0. The fraction of sp³-hybridized carbons (Fsp3) is 0.259. The van der Waals surface area contributed by atoms with Crippen molar-refractivity contribution in [2.24, 2.45) is 0 Å². The molecule has 0 radical (unpaired) electrons. The maximum Gasteiger partial charge on any atom is 0.407 e. The van der Waals surface area contributed by atoms with Gasteiger partial charge in [-0.3, -0.25) is 9.59 Å². The molecular weight excluding hydrogens is 561 g/mol. The van der Waals surface area contributed by atoms with Crippen LogP contribution in [0.15, 0.2) is 61.2 Å². The Morgan fingerprint density at radius 3 is 2.38 bits per heavy atom. The second-order valence-corrected chi connectivity index (χ2v) is 10.4. The van der Waals surface area contributed by atoms with Crippen LogP contribution in [-0.4, -0.2) is 68.7 Å². The molecule has 40 heavy (non-hydrogen) atoms. The van der Waals surface area contributed by atoms with Crippen LogP contribution in [0.1, 0.15) is 18.4 Å². The van der Waals surface area contributed by atoms with E-state index in [0.29, 0.717) is 0 Å². The predicted molar refractivity (Wildman–Crippen MR) is 145 cm³/mol. The monoisotopic (exact) mass is 583 g/mol. The Morgan fingerprint density at radius 2 is 1.73 bits per heavy atom. The fourth-order valence-electron chi connectivity index (χ4n) is 5.09. The first-order valence-corrected chi connectivity index (χ1v) is 13.0. The van der Waals surface area contributed by atoms with Crippen molar-refractivity contribution in [2.45, 2.75) is 30.9 Å². The van der Waals surface area contributed by atoms with Gasteiger partial charge in [-0.05, 0) is 29.3 Å². The molecule has 0 saturated carbocycles. The van der Waals surface area contributed by atoms with Crippen molar-refractivity contribution in [2.75, 3.05) is 18.0 Å². The molecule has 206 valence electrons. The number of halogens is 2. The standard InChI is InChI=1S/C27H23Cl2N5O6/c28-19-7-20(29)9-21(8-19)34-24(37)27(10-16-1-3-17(4-2-16)18-12-30-15-31-13-18)11-22(14-33(27)26(34)39)40-25(38)32-6-5-23(35)36/h1-4,7-9,12-13,15,22H,5-6,10-11,14H2,(H,32,38)(H,35,36). The van der Waals surface area contributed by atoms with E-state index in [-0.39, 0.29) is 48.1 Å². The quantitative estimate of drug-likeness (QED) is 0.376. The van der Waals surface area contributed by atoms with Gasteiger partial charge in [0.05, 0.1) is 18.7 Å². The lowest BCUT2D eigenvalue weighted by Crippen LogP contribution is -2.47. The summed E-state index contributed by atoms with van der Waals surface area (Å²) in [5, 5.41) is 11.7. The van der Waals surface area contributed by atoms with Crippen molar-refractivity contribution < 1.29 is 29.0 Å². The Morgan fingerprint density at radius 1 is 1.05 bits per heavy atom. The number of imide groups is 1. The number of urea groups is 1. The van der Waals surface area contributed by atoms with Gasteiger partial charge < -0.3 is 20.1 Å². The third-order valence-corrected chi connectivity index (χ3v) is 7.26. The van der Waals surface area contributed by atoms with E-state index in [1.54, 1.807) is 12.4 Å². The number of anilines is 1. The molecule has 3 aromatic rings. The van der Waals surface area contributed by atoms with Crippen LogP contribution in [0, 0.1) is 0 Å². The summed E-state index contributed by atoms with van der Waals surface area (Å²) in [6, 6.07) is 11.4. The van der Waals surface area contributed by atoms with Gasteiger partial charge in [-0.15, -0.1) is 0 Å². The summed E-state index contributed by atoms with van der Waals surface area (Å²) in [7, 11) is 0. The number of hydrogen-bond donors (Lipinski definition) is 2. The molecule has 2 aliphatic heterocycles. The number of carbonyl (C=O) groups is 4. The molecule has 2 aromatic carbocycles. The Bertz CT molecular complexity index is 1450. The number of carbonyl (C=O) groups excluding carboxylic acids is 3. The highest BCUT2D eigenvalue weighted by molar-refractivity contribution is 6.35. The zero-order valence-electron chi connectivity index (χ0n) is 20.9. The van der Waals surface area contributed by atoms with Crippen molar-refractivity contribution in [3.63, 3.8) is 0 Å². The topological polar surface area (TPSA) is 142 Å². The molecular formula is C27H23Cl2N5O6. The number of carboxylic acids is 1. The maximum atomic E-state index is 14.1. The summed E-state index contributed by atoms with van der Waals surface area (Å²) in [5.41, 5.74) is 1.39. The molecule has 2 N–H and O–H groups in total. The lowest BCUT2D eigenvalue weighted by atomic mass is 9.87. The Balaban J connectivity index is 1.42. The van der Waals surface area contributed by atoms with E-state index in [4.69, 9.17) is 33.0 Å². The number of fused-ring (bicyclic) bond motifs is 1. The van der Waals surface area contributed by atoms with E-state index in [1.807, 2.05) is 24.3 Å². The Labute approximate surface area is 238 Å². The second-order valence-electron chi connectivity index (χ2n) is 9.50. The van der Waals surface area contributed by atoms with Crippen LogP contribution in [0.2, 0.25) is 10.0 Å². The third kappa shape index (κ3) is 5.43. The highest BCUT2D eigenvalue weighted by atomic mass is 35.5. The van der Waals surface area contributed by atoms with E-state index in [0.717, 1.165) is 21.6 Å². The van der Waals surface area contributed by atoms with E-state index in [9.17, 15) is 19.2 Å². The van der Waals surface area contributed by atoms with E-state index >= 15 is 0 Å². The van der Waals surface area contributed by atoms with Crippen LogP contribution in [-0.2, 0) is 20.7 Å². The highest BCUT2D eigenvalue weighted by Crippen LogP contribution is 2.44. The first-order chi connectivity index (χ1) is 19.2. The first-order valence-electron chi connectivity index (χ1n) is 12.3. The van der Waals surface area contributed by atoms with Gasteiger partial charge in [-0.1, -0.05) is 47.5 Å². The van der Waals surface area contributed by atoms with E-state index in [2.05, 4.69) is 15.3 Å². The maximum absolute atomic E-state index is 14.1. The number of rotatable bonds is 8. The fourth-order valence-corrected chi connectivity index (χ4v) is 5.61. The predicted octanol–water partition coefficient (Wildman–Crippen LogP) is 4.17. The first kappa shape index (κ1) is 27.4. The van der Waals surface area contributed by atoms with Crippen LogP contribution in [0.5, 0.6) is 0 Å². The zero-order valence-corrected chi connectivity index (χ0v) is 22.4. The van der Waals surface area contributed by atoms with Gasteiger partial charge in [0.15, 0.2) is 0 Å². The molecule has 1 aromatic heterocycles. The van der Waals surface area contributed by atoms with Gasteiger partial charge in [-0.2, -0.15) is 0 Å². The molecule has 2 fully saturated rings. The van der Waals surface area contributed by atoms with Gasteiger partial charge in [0.25, 0.3) is 5.91 Å². The second kappa shape index (κ2) is 11.1. The molecule has 2 saturated heterocycles. The zero-order chi connectivity index (χ0) is 28.4. The Kier molecular flexibility index (Phi) is 7.59. The molecule has 2 unspecified atom stereocenters. The van der Waals surface area contributed by atoms with Crippen molar-refractivity contribution >= 4 is 52.9 Å². The van der Waals surface area contributed by atoms with Gasteiger partial charge in [0, 0.05) is 47.4 Å². The SMILES string of the molecule is O=C(O)CCNC(=O)OC1CN2C(=O)N(c3cc(Cl)cc(Cl)c3)C(=O)C2(Cc2ccc(-c3cncnc3)cc2)C1. The summed E-state index contributed by atoms with van der Waals surface area (Å²) in [5.74, 6) is -1.56. The molecule has 4 amide bonds. The minimum absolute atomic E-state index is 0.0266. The van der Waals surface area contributed by atoms with Crippen LogP contribution < -0.4 is 10.2 Å². The van der Waals surface area contributed by atoms with Gasteiger partial charge in [-0.25, -0.2) is 24.5 Å². The van der Waals surface area contributed by atoms with Crippen LogP contribution in [0.3, 0.4) is 0 Å². The summed E-state index contributed by atoms with van der Waals surface area (Å²) < 4.78 is 5.48. The number of alkyl carbamates (subject to hydrolysis) is 1. The highest BCUT2D eigenvalue weighted by Gasteiger charge is 2.63. The molecule has 0 bridgehead atoms. The number of aliphatic carboxylic acids is 1. The molecule has 5 rings (SSSR count). The molecule has 3 heterocycles. The van der Waals surface area contributed by atoms with E-state index < -0.39 is 35.6 Å². The lowest BCUT2D eigenvalue weighted by molar-refractivity contribution is -0.136. The molecule has 13 heteroatoms. The van der Waals surface area contributed by atoms with Gasteiger partial charge >= 0.3 is 18.1 Å². The average molecular weight is 584 g/mol. The Hall–Kier alpha value is -4.22. The molecule has 0 spiro atoms. The lowest BCUT2D eigenvalue weighted by Gasteiger charge is -2.28. The minimum Gasteiger partial charge on any atom is -0.481 e. The minimum atomic E-state index is -1.34. The van der Waals surface area contributed by atoms with Crippen LogP contribution >= 0.6 is 23.2 Å².